The van der Waals surface area contributed by atoms with Gasteiger partial charge in [0.15, 0.2) is 12.4 Å². The molecule has 1 aromatic carbocycles. The summed E-state index contributed by atoms with van der Waals surface area (Å²) >= 11 is 0. The number of nitrogens with zero attached hydrogens (tertiary/aromatic N) is 3. The van der Waals surface area contributed by atoms with E-state index in [9.17, 15) is 9.18 Å². The van der Waals surface area contributed by atoms with Crippen molar-refractivity contribution in [3.63, 3.8) is 0 Å². The van der Waals surface area contributed by atoms with Gasteiger partial charge in [0.25, 0.3) is 0 Å². The highest BCUT2D eigenvalue weighted by molar-refractivity contribution is 5.90. The predicted octanol–water partition coefficient (Wildman–Crippen LogP) is 1.20. The molecule has 0 atom stereocenters. The normalized spacial score (nSPS) is 10.5. The Hall–Kier alpha value is -2.44. The maximum absolute atomic E-state index is 13.4. The van der Waals surface area contributed by atoms with E-state index < -0.39 is 11.8 Å². The van der Waals surface area contributed by atoms with Crippen molar-refractivity contribution in [1.29, 1.82) is 0 Å². The Bertz CT molecular complexity index is 624. The number of nitrogen functional groups attached to an aromatic ring is 1. The number of hydrogen-bond donors (Lipinski definition) is 1. The minimum Gasteiger partial charge on any atom is -0.454 e. The number of rotatable bonds is 3. The number of benzene rings is 1. The summed E-state index contributed by atoms with van der Waals surface area (Å²) in [5, 5.41) is 7.66. The molecule has 0 spiro atoms. The molecule has 0 fully saturated rings. The summed E-state index contributed by atoms with van der Waals surface area (Å²) < 4.78 is 20.1. The zero-order valence-corrected chi connectivity index (χ0v) is 10.6. The zero-order valence-electron chi connectivity index (χ0n) is 10.6. The molecule has 0 unspecified atom stereocenters. The zero-order chi connectivity index (χ0) is 14.0. The Morgan fingerprint density at radius 3 is 2.84 bits per heavy atom. The van der Waals surface area contributed by atoms with Crippen LogP contribution in [-0.2, 0) is 18.4 Å². The van der Waals surface area contributed by atoms with Gasteiger partial charge in [-0.15, -0.1) is 10.2 Å². The van der Waals surface area contributed by atoms with Gasteiger partial charge in [0, 0.05) is 12.7 Å². The Balaban J connectivity index is 2.09. The van der Waals surface area contributed by atoms with Crippen LogP contribution in [0.15, 0.2) is 18.2 Å². The van der Waals surface area contributed by atoms with Gasteiger partial charge in [-0.1, -0.05) is 0 Å². The molecule has 0 saturated heterocycles. The van der Waals surface area contributed by atoms with E-state index in [2.05, 4.69) is 10.2 Å². The molecule has 0 aliphatic heterocycles. The maximum atomic E-state index is 13.4. The van der Waals surface area contributed by atoms with Crippen molar-refractivity contribution >= 4 is 11.7 Å². The van der Waals surface area contributed by atoms with Crippen molar-refractivity contribution in [2.24, 2.45) is 7.05 Å². The molecule has 6 nitrogen and oxygen atoms in total. The Kier molecular flexibility index (Phi) is 3.46. The molecular weight excluding hydrogens is 251 g/mol. The first kappa shape index (κ1) is 13.0. The van der Waals surface area contributed by atoms with E-state index in [1.54, 1.807) is 18.5 Å². The van der Waals surface area contributed by atoms with E-state index in [0.717, 1.165) is 6.07 Å². The number of ether oxygens (including phenoxy) is 1. The minimum absolute atomic E-state index is 0.0790. The van der Waals surface area contributed by atoms with Crippen LogP contribution in [0, 0.1) is 12.7 Å². The van der Waals surface area contributed by atoms with Gasteiger partial charge in [0.2, 0.25) is 0 Å². The van der Waals surface area contributed by atoms with Crippen LogP contribution in [-0.4, -0.2) is 20.7 Å². The number of esters is 1. The second kappa shape index (κ2) is 5.05. The summed E-state index contributed by atoms with van der Waals surface area (Å²) in [6, 6.07) is 3.73. The average Bonchev–Trinajstić information content (AvgIpc) is 2.70. The lowest BCUT2D eigenvalue weighted by Gasteiger charge is -2.06. The molecule has 0 amide bonds. The van der Waals surface area contributed by atoms with Crippen LogP contribution in [0.5, 0.6) is 0 Å². The molecule has 2 N–H and O–H groups in total. The smallest absolute Gasteiger partial charge is 0.341 e. The summed E-state index contributed by atoms with van der Waals surface area (Å²) in [5.74, 6) is -0.282. The molecule has 7 heteroatoms. The van der Waals surface area contributed by atoms with E-state index in [1.165, 1.54) is 12.1 Å². The third kappa shape index (κ3) is 2.70. The molecule has 100 valence electrons. The third-order valence-corrected chi connectivity index (χ3v) is 2.73. The Morgan fingerprint density at radius 1 is 1.47 bits per heavy atom. The number of nitrogens with two attached hydrogens (primary N) is 1. The van der Waals surface area contributed by atoms with Crippen LogP contribution in [0.2, 0.25) is 0 Å². The summed E-state index contributed by atoms with van der Waals surface area (Å²) in [6.07, 6.45) is 0. The van der Waals surface area contributed by atoms with Crippen molar-refractivity contribution in [2.75, 3.05) is 5.73 Å². The van der Waals surface area contributed by atoms with Crippen LogP contribution in [0.4, 0.5) is 10.1 Å². The summed E-state index contributed by atoms with van der Waals surface area (Å²) in [7, 11) is 1.75. The molecule has 0 aliphatic rings. The van der Waals surface area contributed by atoms with Gasteiger partial charge < -0.3 is 15.0 Å². The number of hydrogen-bond acceptors (Lipinski definition) is 5. The molecule has 0 saturated carbocycles. The lowest BCUT2D eigenvalue weighted by Crippen LogP contribution is -2.10. The molecule has 19 heavy (non-hydrogen) atoms. The largest absolute Gasteiger partial charge is 0.454 e. The van der Waals surface area contributed by atoms with Crippen molar-refractivity contribution in [1.82, 2.24) is 14.8 Å². The van der Waals surface area contributed by atoms with Gasteiger partial charge >= 0.3 is 5.97 Å². The Morgan fingerprint density at radius 2 is 2.21 bits per heavy atom. The van der Waals surface area contributed by atoms with E-state index in [-0.39, 0.29) is 12.2 Å². The summed E-state index contributed by atoms with van der Waals surface area (Å²) in [4.78, 5) is 11.7. The standard InChI is InChI=1S/C12H13FN4O2/c1-7-15-16-11(17(7)2)6-19-12(18)9-5-8(14)3-4-10(9)13/h3-5H,6,14H2,1-2H3. The maximum Gasteiger partial charge on any atom is 0.341 e. The van der Waals surface area contributed by atoms with Crippen LogP contribution in [0.25, 0.3) is 0 Å². The highest BCUT2D eigenvalue weighted by Crippen LogP contribution is 2.14. The second-order valence-electron chi connectivity index (χ2n) is 4.04. The molecule has 1 heterocycles. The molecule has 2 aromatic rings. The number of halogens is 1. The highest BCUT2D eigenvalue weighted by atomic mass is 19.1. The first-order valence-electron chi connectivity index (χ1n) is 5.56. The number of carbonyl (C=O) groups is 1. The summed E-state index contributed by atoms with van der Waals surface area (Å²) in [6.45, 7) is 1.69. The third-order valence-electron chi connectivity index (χ3n) is 2.73. The van der Waals surface area contributed by atoms with Gasteiger partial charge in [0.05, 0.1) is 5.56 Å². The van der Waals surface area contributed by atoms with Crippen LogP contribution in [0.3, 0.4) is 0 Å². The topological polar surface area (TPSA) is 83.0 Å². The van der Waals surface area contributed by atoms with Gasteiger partial charge in [0.1, 0.15) is 11.6 Å². The number of anilines is 1. The van der Waals surface area contributed by atoms with Crippen molar-refractivity contribution < 1.29 is 13.9 Å². The number of carbonyl (C=O) groups excluding carboxylic acids is 1. The highest BCUT2D eigenvalue weighted by Gasteiger charge is 2.15. The van der Waals surface area contributed by atoms with Crippen molar-refractivity contribution in [2.45, 2.75) is 13.5 Å². The monoisotopic (exact) mass is 264 g/mol. The fourth-order valence-electron chi connectivity index (χ4n) is 1.48. The molecular formula is C12H13FN4O2. The first-order valence-corrected chi connectivity index (χ1v) is 5.56. The predicted molar refractivity (Wildman–Crippen MR) is 65.7 cm³/mol. The van der Waals surface area contributed by atoms with E-state index in [0.29, 0.717) is 17.3 Å². The van der Waals surface area contributed by atoms with Crippen molar-refractivity contribution in [3.05, 3.63) is 41.2 Å². The van der Waals surface area contributed by atoms with Gasteiger partial charge in [-0.2, -0.15) is 0 Å². The average molecular weight is 264 g/mol. The van der Waals surface area contributed by atoms with Gasteiger partial charge in [-0.05, 0) is 25.1 Å². The van der Waals surface area contributed by atoms with E-state index in [4.69, 9.17) is 10.5 Å². The fraction of sp³-hybridized carbons (Fsp3) is 0.250. The minimum atomic E-state index is -0.787. The quantitative estimate of drug-likeness (QED) is 0.665. The van der Waals surface area contributed by atoms with Crippen molar-refractivity contribution in [3.8, 4) is 0 Å². The lowest BCUT2D eigenvalue weighted by atomic mass is 10.2. The molecule has 0 radical (unpaired) electrons. The summed E-state index contributed by atoms with van der Waals surface area (Å²) in [5.41, 5.74) is 5.60. The Labute approximate surface area is 109 Å². The second-order valence-corrected chi connectivity index (χ2v) is 4.04. The molecule has 1 aromatic heterocycles. The van der Waals surface area contributed by atoms with Gasteiger partial charge in [-0.3, -0.25) is 0 Å². The first-order chi connectivity index (χ1) is 8.99. The van der Waals surface area contributed by atoms with Gasteiger partial charge in [-0.25, -0.2) is 9.18 Å². The fourth-order valence-corrected chi connectivity index (χ4v) is 1.48. The number of aromatic nitrogens is 3. The molecule has 0 aliphatic carbocycles. The van der Waals surface area contributed by atoms with Crippen LogP contribution in [0.1, 0.15) is 22.0 Å². The van der Waals surface area contributed by atoms with E-state index in [1.807, 2.05) is 0 Å². The molecule has 0 bridgehead atoms. The molecule has 2 rings (SSSR count). The van der Waals surface area contributed by atoms with E-state index >= 15 is 0 Å². The van der Waals surface area contributed by atoms with Crippen LogP contribution >= 0.6 is 0 Å². The SMILES string of the molecule is Cc1nnc(COC(=O)c2cc(N)ccc2F)n1C. The van der Waals surface area contributed by atoms with Crippen LogP contribution < -0.4 is 5.73 Å². The number of aryl methyl sites for hydroxylation is 1. The lowest BCUT2D eigenvalue weighted by molar-refractivity contribution is 0.0453.